The van der Waals surface area contributed by atoms with Crippen LogP contribution in [0.2, 0.25) is 0 Å². The molecule has 1 aliphatic rings. The zero-order valence-electron chi connectivity index (χ0n) is 12.1. The molecule has 1 amide bonds. The van der Waals surface area contributed by atoms with Crippen molar-refractivity contribution in [3.63, 3.8) is 0 Å². The number of sulfone groups is 1. The molecule has 1 aliphatic heterocycles. The van der Waals surface area contributed by atoms with Crippen LogP contribution in [0.4, 0.5) is 0 Å². The van der Waals surface area contributed by atoms with Crippen LogP contribution >= 0.6 is 15.9 Å². The van der Waals surface area contributed by atoms with Gasteiger partial charge in [0.15, 0.2) is 5.69 Å². The molecule has 0 spiro atoms. The molecule has 118 valence electrons. The van der Waals surface area contributed by atoms with Gasteiger partial charge >= 0.3 is 0 Å². The second kappa shape index (κ2) is 6.45. The number of hydrogen-bond acceptors (Lipinski definition) is 5. The molecule has 0 saturated carbocycles. The van der Waals surface area contributed by atoms with Crippen molar-refractivity contribution < 1.29 is 13.2 Å². The van der Waals surface area contributed by atoms with Crippen LogP contribution in [0.25, 0.3) is 0 Å². The van der Waals surface area contributed by atoms with Crippen molar-refractivity contribution in [1.29, 1.82) is 0 Å². The van der Waals surface area contributed by atoms with Crippen molar-refractivity contribution in [2.75, 3.05) is 44.7 Å². The summed E-state index contributed by atoms with van der Waals surface area (Å²) in [6.45, 7) is 3.07. The summed E-state index contributed by atoms with van der Waals surface area (Å²) in [4.78, 5) is 16.2. The largest absolute Gasteiger partial charge is 0.335 e. The first kappa shape index (κ1) is 16.4. The zero-order chi connectivity index (χ0) is 15.6. The SMILES string of the molecule is Cn1cc(Br)c(C(=O)N2CCN(CCS(C)(=O)=O)CC2)n1. The number of piperazine rings is 1. The normalized spacial score (nSPS) is 17.2. The Morgan fingerprint density at radius 2 is 1.95 bits per heavy atom. The Morgan fingerprint density at radius 3 is 2.43 bits per heavy atom. The average Bonchev–Trinajstić information content (AvgIpc) is 2.74. The van der Waals surface area contributed by atoms with Crippen LogP contribution in [-0.4, -0.2) is 78.6 Å². The molecule has 1 fully saturated rings. The summed E-state index contributed by atoms with van der Waals surface area (Å²) in [5.41, 5.74) is 0.419. The third-order valence-corrected chi connectivity index (χ3v) is 4.93. The van der Waals surface area contributed by atoms with Crippen LogP contribution in [0, 0.1) is 0 Å². The first-order chi connectivity index (χ1) is 9.76. The van der Waals surface area contributed by atoms with Gasteiger partial charge in [-0.15, -0.1) is 0 Å². The number of rotatable bonds is 4. The van der Waals surface area contributed by atoms with Crippen LogP contribution < -0.4 is 0 Å². The number of aromatic nitrogens is 2. The standard InChI is InChI=1S/C12H19BrN4O3S/c1-15-9-10(13)11(14-15)12(18)17-5-3-16(4-6-17)7-8-21(2,19)20/h9H,3-8H2,1-2H3. The first-order valence-corrected chi connectivity index (χ1v) is 9.50. The van der Waals surface area contributed by atoms with Crippen LogP contribution in [0.5, 0.6) is 0 Å². The van der Waals surface area contributed by atoms with Crippen molar-refractivity contribution in [3.05, 3.63) is 16.4 Å². The van der Waals surface area contributed by atoms with Gasteiger partial charge in [-0.05, 0) is 15.9 Å². The summed E-state index contributed by atoms with van der Waals surface area (Å²) in [6.07, 6.45) is 2.99. The fourth-order valence-corrected chi connectivity index (χ4v) is 3.36. The van der Waals surface area contributed by atoms with E-state index in [1.807, 2.05) is 0 Å². The summed E-state index contributed by atoms with van der Waals surface area (Å²) < 4.78 is 24.6. The highest BCUT2D eigenvalue weighted by atomic mass is 79.9. The number of carbonyl (C=O) groups is 1. The second-order valence-corrected chi connectivity index (χ2v) is 8.38. The van der Waals surface area contributed by atoms with Crippen molar-refractivity contribution in [2.24, 2.45) is 7.05 Å². The third-order valence-electron chi connectivity index (χ3n) is 3.42. The molecule has 1 saturated heterocycles. The lowest BCUT2D eigenvalue weighted by Gasteiger charge is -2.34. The highest BCUT2D eigenvalue weighted by Crippen LogP contribution is 2.17. The topological polar surface area (TPSA) is 75.5 Å². The Hall–Kier alpha value is -0.930. The molecule has 2 rings (SSSR count). The molecule has 21 heavy (non-hydrogen) atoms. The van der Waals surface area contributed by atoms with Gasteiger partial charge in [0.05, 0.1) is 10.2 Å². The van der Waals surface area contributed by atoms with E-state index < -0.39 is 9.84 Å². The summed E-state index contributed by atoms with van der Waals surface area (Å²) >= 11 is 3.33. The lowest BCUT2D eigenvalue weighted by molar-refractivity contribution is 0.0636. The van der Waals surface area contributed by atoms with E-state index >= 15 is 0 Å². The van der Waals surface area contributed by atoms with Crippen LogP contribution in [0.15, 0.2) is 10.7 Å². The minimum absolute atomic E-state index is 0.0924. The fraction of sp³-hybridized carbons (Fsp3) is 0.667. The number of amides is 1. The van der Waals surface area contributed by atoms with Crippen molar-refractivity contribution >= 4 is 31.7 Å². The molecular formula is C12H19BrN4O3S. The summed E-state index contributed by atoms with van der Waals surface area (Å²) in [5.74, 6) is 0.0671. The highest BCUT2D eigenvalue weighted by Gasteiger charge is 2.25. The van der Waals surface area contributed by atoms with E-state index in [4.69, 9.17) is 0 Å². The van der Waals surface area contributed by atoms with Gasteiger partial charge in [-0.2, -0.15) is 5.10 Å². The Bertz CT molecular complexity index is 620. The maximum Gasteiger partial charge on any atom is 0.275 e. The van der Waals surface area contributed by atoms with Crippen LogP contribution in [0.1, 0.15) is 10.5 Å². The van der Waals surface area contributed by atoms with Gasteiger partial charge in [-0.1, -0.05) is 0 Å². The molecule has 0 aromatic carbocycles. The van der Waals surface area contributed by atoms with E-state index in [1.54, 1.807) is 22.8 Å². The average molecular weight is 379 g/mol. The van der Waals surface area contributed by atoms with E-state index in [0.29, 0.717) is 42.9 Å². The molecule has 0 aliphatic carbocycles. The van der Waals surface area contributed by atoms with Gasteiger partial charge in [-0.3, -0.25) is 14.4 Å². The molecule has 0 atom stereocenters. The van der Waals surface area contributed by atoms with Crippen molar-refractivity contribution in [2.45, 2.75) is 0 Å². The predicted octanol–water partition coefficient (Wildman–Crippen LogP) is -0.0150. The summed E-state index contributed by atoms with van der Waals surface area (Å²) in [7, 11) is -1.17. The van der Waals surface area contributed by atoms with Gasteiger partial charge in [0.1, 0.15) is 9.84 Å². The molecule has 1 aromatic heterocycles. The number of aryl methyl sites for hydroxylation is 1. The smallest absolute Gasteiger partial charge is 0.275 e. The van der Waals surface area contributed by atoms with Gasteiger partial charge in [0, 0.05) is 52.2 Å². The van der Waals surface area contributed by atoms with E-state index in [9.17, 15) is 13.2 Å². The van der Waals surface area contributed by atoms with Gasteiger partial charge in [-0.25, -0.2) is 8.42 Å². The maximum atomic E-state index is 12.4. The lowest BCUT2D eigenvalue weighted by Crippen LogP contribution is -2.49. The van der Waals surface area contributed by atoms with Crippen LogP contribution in [-0.2, 0) is 16.9 Å². The van der Waals surface area contributed by atoms with E-state index in [2.05, 4.69) is 25.9 Å². The van der Waals surface area contributed by atoms with Gasteiger partial charge < -0.3 is 4.90 Å². The molecule has 1 aromatic rings. The number of halogens is 1. The quantitative estimate of drug-likeness (QED) is 0.736. The Labute approximate surface area is 132 Å². The highest BCUT2D eigenvalue weighted by molar-refractivity contribution is 9.10. The maximum absolute atomic E-state index is 12.4. The van der Waals surface area contributed by atoms with Gasteiger partial charge in [0.25, 0.3) is 5.91 Å². The molecule has 0 unspecified atom stereocenters. The van der Waals surface area contributed by atoms with Crippen LogP contribution in [0.3, 0.4) is 0 Å². The second-order valence-electron chi connectivity index (χ2n) is 5.26. The summed E-state index contributed by atoms with van der Waals surface area (Å²) in [5, 5.41) is 4.16. The lowest BCUT2D eigenvalue weighted by atomic mass is 10.3. The van der Waals surface area contributed by atoms with Crippen molar-refractivity contribution in [3.8, 4) is 0 Å². The molecule has 0 radical (unpaired) electrons. The van der Waals surface area contributed by atoms with E-state index in [-0.39, 0.29) is 11.7 Å². The minimum atomic E-state index is -2.94. The van der Waals surface area contributed by atoms with Gasteiger partial charge in [0.2, 0.25) is 0 Å². The Morgan fingerprint density at radius 1 is 1.33 bits per heavy atom. The Balaban J connectivity index is 1.89. The predicted molar refractivity (Wildman–Crippen MR) is 83.0 cm³/mol. The molecule has 0 bridgehead atoms. The molecule has 0 N–H and O–H groups in total. The zero-order valence-corrected chi connectivity index (χ0v) is 14.5. The number of nitrogens with zero attached hydrogens (tertiary/aromatic N) is 4. The molecule has 9 heteroatoms. The van der Waals surface area contributed by atoms with E-state index in [0.717, 1.165) is 0 Å². The molecular weight excluding hydrogens is 360 g/mol. The number of carbonyl (C=O) groups excluding carboxylic acids is 1. The third kappa shape index (κ3) is 4.52. The first-order valence-electron chi connectivity index (χ1n) is 6.65. The monoisotopic (exact) mass is 378 g/mol. The van der Waals surface area contributed by atoms with Crippen molar-refractivity contribution in [1.82, 2.24) is 19.6 Å². The molecule has 7 nitrogen and oxygen atoms in total. The van der Waals surface area contributed by atoms with E-state index in [1.165, 1.54) is 6.26 Å². The Kier molecular flexibility index (Phi) is 5.05. The fourth-order valence-electron chi connectivity index (χ4n) is 2.22. The number of hydrogen-bond donors (Lipinski definition) is 0. The molecule has 2 heterocycles. The minimum Gasteiger partial charge on any atom is -0.335 e. The summed E-state index contributed by atoms with van der Waals surface area (Å²) in [6, 6.07) is 0.